The van der Waals surface area contributed by atoms with Gasteiger partial charge in [-0.15, -0.1) is 0 Å². The molecule has 0 spiro atoms. The molecular formula is C15H19IO6. The zero-order valence-electron chi connectivity index (χ0n) is 13.0. The molecule has 0 heterocycles. The van der Waals surface area contributed by atoms with E-state index in [1.165, 1.54) is 14.2 Å². The number of hydrogen-bond acceptors (Lipinski definition) is 6. The summed E-state index contributed by atoms with van der Waals surface area (Å²) >= 11 is 2.21. The summed E-state index contributed by atoms with van der Waals surface area (Å²) in [7, 11) is 2.55. The van der Waals surface area contributed by atoms with Gasteiger partial charge in [0.05, 0.1) is 20.8 Å². The minimum absolute atomic E-state index is 0.158. The van der Waals surface area contributed by atoms with E-state index in [2.05, 4.69) is 32.1 Å². The first-order valence-electron chi connectivity index (χ1n) is 6.59. The van der Waals surface area contributed by atoms with E-state index in [-0.39, 0.29) is 13.2 Å². The van der Waals surface area contributed by atoms with E-state index in [1.54, 1.807) is 0 Å². The molecule has 7 heteroatoms. The Morgan fingerprint density at radius 2 is 1.68 bits per heavy atom. The Morgan fingerprint density at radius 3 is 2.27 bits per heavy atom. The van der Waals surface area contributed by atoms with Gasteiger partial charge in [-0.05, 0) is 53.1 Å². The predicted octanol–water partition coefficient (Wildman–Crippen LogP) is 3.52. The van der Waals surface area contributed by atoms with Crippen molar-refractivity contribution in [2.75, 3.05) is 20.8 Å². The van der Waals surface area contributed by atoms with Crippen molar-refractivity contribution in [3.05, 3.63) is 31.9 Å². The molecule has 0 unspecified atom stereocenters. The van der Waals surface area contributed by atoms with Crippen LogP contribution in [0.4, 0.5) is 9.59 Å². The fraction of sp³-hybridized carbons (Fsp3) is 0.467. The van der Waals surface area contributed by atoms with Crippen LogP contribution in [0.1, 0.15) is 22.3 Å². The molecule has 6 nitrogen and oxygen atoms in total. The summed E-state index contributed by atoms with van der Waals surface area (Å²) in [5, 5.41) is 0. The molecule has 0 radical (unpaired) electrons. The maximum absolute atomic E-state index is 11.1. The van der Waals surface area contributed by atoms with Crippen LogP contribution in [-0.4, -0.2) is 33.1 Å². The average molecular weight is 422 g/mol. The highest BCUT2D eigenvalue weighted by atomic mass is 127. The van der Waals surface area contributed by atoms with Crippen molar-refractivity contribution < 1.29 is 28.5 Å². The van der Waals surface area contributed by atoms with E-state index in [0.29, 0.717) is 6.42 Å². The number of aryl methyl sites for hydroxylation is 1. The standard InChI is InChI=1S/C15H19IO6/c1-9-7-11(8-22-15(18)20-4)13(16)10(2)12(9)5-6-21-14(17)19-3/h7H,5-6,8H2,1-4H3. The third kappa shape index (κ3) is 5.04. The van der Waals surface area contributed by atoms with E-state index >= 15 is 0 Å². The Labute approximate surface area is 143 Å². The number of carbonyl (C=O) groups is 2. The van der Waals surface area contributed by atoms with E-state index in [1.807, 2.05) is 19.9 Å². The van der Waals surface area contributed by atoms with Crippen LogP contribution >= 0.6 is 22.6 Å². The Hall–Kier alpha value is -1.51. The van der Waals surface area contributed by atoms with Crippen molar-refractivity contribution in [2.45, 2.75) is 26.9 Å². The van der Waals surface area contributed by atoms with Crippen LogP contribution in [0.5, 0.6) is 0 Å². The summed E-state index contributed by atoms with van der Waals surface area (Å²) in [4.78, 5) is 22.0. The monoisotopic (exact) mass is 422 g/mol. The van der Waals surface area contributed by atoms with Crippen molar-refractivity contribution in [3.8, 4) is 0 Å². The highest BCUT2D eigenvalue weighted by Gasteiger charge is 2.13. The lowest BCUT2D eigenvalue weighted by atomic mass is 9.97. The molecule has 0 aliphatic heterocycles. The predicted molar refractivity (Wildman–Crippen MR) is 87.9 cm³/mol. The molecule has 0 bridgehead atoms. The normalized spacial score (nSPS) is 10.0. The third-order valence-electron chi connectivity index (χ3n) is 3.18. The molecule has 1 aromatic carbocycles. The number of rotatable bonds is 5. The Balaban J connectivity index is 2.82. The molecule has 1 rings (SSSR count). The number of halogens is 1. The third-order valence-corrected chi connectivity index (χ3v) is 4.68. The number of ether oxygens (including phenoxy) is 4. The second kappa shape index (κ2) is 8.82. The van der Waals surface area contributed by atoms with Crippen LogP contribution in [0, 0.1) is 17.4 Å². The van der Waals surface area contributed by atoms with Crippen LogP contribution in [0.3, 0.4) is 0 Å². The molecule has 0 aliphatic rings. The number of carbonyl (C=O) groups excluding carboxylic acids is 2. The summed E-state index contributed by atoms with van der Waals surface area (Å²) < 4.78 is 19.8. The fourth-order valence-corrected chi connectivity index (χ4v) is 2.70. The molecule has 0 atom stereocenters. The Bertz CT molecular complexity index is 555. The summed E-state index contributed by atoms with van der Waals surface area (Å²) in [6, 6.07) is 1.96. The molecule has 1 aromatic rings. The van der Waals surface area contributed by atoms with Crippen LogP contribution in [0.15, 0.2) is 6.07 Å². The van der Waals surface area contributed by atoms with Gasteiger partial charge >= 0.3 is 12.3 Å². The second-order valence-electron chi connectivity index (χ2n) is 4.57. The SMILES string of the molecule is COC(=O)OCCc1c(C)cc(COC(=O)OC)c(I)c1C. The van der Waals surface area contributed by atoms with E-state index in [0.717, 1.165) is 25.8 Å². The van der Waals surface area contributed by atoms with Crippen LogP contribution in [0.25, 0.3) is 0 Å². The fourth-order valence-electron chi connectivity index (χ4n) is 2.06. The van der Waals surface area contributed by atoms with Crippen molar-refractivity contribution in [1.82, 2.24) is 0 Å². The van der Waals surface area contributed by atoms with Crippen LogP contribution in [0.2, 0.25) is 0 Å². The minimum Gasteiger partial charge on any atom is -0.438 e. The van der Waals surface area contributed by atoms with Gasteiger partial charge in [-0.2, -0.15) is 0 Å². The Kier molecular flexibility index (Phi) is 7.43. The van der Waals surface area contributed by atoms with Gasteiger partial charge in [0.1, 0.15) is 6.61 Å². The molecule has 0 N–H and O–H groups in total. The van der Waals surface area contributed by atoms with Crippen molar-refractivity contribution in [3.63, 3.8) is 0 Å². The highest BCUT2D eigenvalue weighted by molar-refractivity contribution is 14.1. The van der Waals surface area contributed by atoms with E-state index in [9.17, 15) is 9.59 Å². The van der Waals surface area contributed by atoms with Gasteiger partial charge < -0.3 is 18.9 Å². The largest absolute Gasteiger partial charge is 0.508 e. The first-order valence-corrected chi connectivity index (χ1v) is 7.67. The maximum Gasteiger partial charge on any atom is 0.508 e. The molecule has 22 heavy (non-hydrogen) atoms. The lowest BCUT2D eigenvalue weighted by molar-refractivity contribution is 0.0666. The van der Waals surface area contributed by atoms with Gasteiger partial charge in [0.2, 0.25) is 0 Å². The lowest BCUT2D eigenvalue weighted by Gasteiger charge is -2.15. The number of methoxy groups -OCH3 is 2. The van der Waals surface area contributed by atoms with Gasteiger partial charge in [0.15, 0.2) is 0 Å². The first kappa shape index (κ1) is 18.5. The molecular weight excluding hydrogens is 403 g/mol. The van der Waals surface area contributed by atoms with Crippen molar-refractivity contribution >= 4 is 34.9 Å². The van der Waals surface area contributed by atoms with E-state index < -0.39 is 12.3 Å². The van der Waals surface area contributed by atoms with Gasteiger partial charge in [-0.1, -0.05) is 6.07 Å². The smallest absolute Gasteiger partial charge is 0.438 e. The zero-order chi connectivity index (χ0) is 16.7. The molecule has 0 aliphatic carbocycles. The number of hydrogen-bond donors (Lipinski definition) is 0. The topological polar surface area (TPSA) is 71.1 Å². The van der Waals surface area contributed by atoms with Crippen LogP contribution < -0.4 is 0 Å². The molecule has 0 saturated carbocycles. The zero-order valence-corrected chi connectivity index (χ0v) is 15.2. The van der Waals surface area contributed by atoms with Gasteiger partial charge in [-0.3, -0.25) is 0 Å². The summed E-state index contributed by atoms with van der Waals surface area (Å²) in [5.74, 6) is 0. The maximum atomic E-state index is 11.1. The quantitative estimate of drug-likeness (QED) is 0.534. The molecule has 0 aromatic heterocycles. The van der Waals surface area contributed by atoms with Crippen LogP contribution in [-0.2, 0) is 32.0 Å². The molecule has 0 amide bonds. The van der Waals surface area contributed by atoms with Gasteiger partial charge in [0.25, 0.3) is 0 Å². The van der Waals surface area contributed by atoms with Gasteiger partial charge in [0, 0.05) is 15.6 Å². The number of benzene rings is 1. The van der Waals surface area contributed by atoms with E-state index in [4.69, 9.17) is 9.47 Å². The minimum atomic E-state index is -0.707. The molecule has 0 saturated heterocycles. The average Bonchev–Trinajstić information content (AvgIpc) is 2.51. The highest BCUT2D eigenvalue weighted by Crippen LogP contribution is 2.25. The second-order valence-corrected chi connectivity index (χ2v) is 5.64. The van der Waals surface area contributed by atoms with Crippen molar-refractivity contribution in [1.29, 1.82) is 0 Å². The first-order chi connectivity index (χ1) is 10.4. The summed E-state index contributed by atoms with van der Waals surface area (Å²) in [5.41, 5.74) is 4.15. The Morgan fingerprint density at radius 1 is 1.09 bits per heavy atom. The summed E-state index contributed by atoms with van der Waals surface area (Å²) in [6.07, 6.45) is -0.796. The molecule has 122 valence electrons. The molecule has 0 fully saturated rings. The summed E-state index contributed by atoms with van der Waals surface area (Å²) in [6.45, 7) is 4.37. The van der Waals surface area contributed by atoms with Gasteiger partial charge in [-0.25, -0.2) is 9.59 Å². The van der Waals surface area contributed by atoms with Crippen molar-refractivity contribution in [2.24, 2.45) is 0 Å². The lowest BCUT2D eigenvalue weighted by Crippen LogP contribution is -2.11.